The summed E-state index contributed by atoms with van der Waals surface area (Å²) in [6, 6.07) is 0. The van der Waals surface area contributed by atoms with Crippen LogP contribution in [0.5, 0.6) is 0 Å². The van der Waals surface area contributed by atoms with Crippen molar-refractivity contribution in [1.82, 2.24) is 0 Å². The van der Waals surface area contributed by atoms with Crippen molar-refractivity contribution in [2.75, 3.05) is 0 Å². The van der Waals surface area contributed by atoms with Gasteiger partial charge in [0.1, 0.15) is 30.2 Å². The summed E-state index contributed by atoms with van der Waals surface area (Å²) in [7, 11) is 0. The molecule has 1 saturated carbocycles. The second-order valence-corrected chi connectivity index (χ2v) is 10.2. The lowest BCUT2D eigenvalue weighted by atomic mass is 9.88. The van der Waals surface area contributed by atoms with Gasteiger partial charge in [-0.15, -0.1) is 0 Å². The number of hydrogen-bond donors (Lipinski definition) is 5. The molecule has 0 aromatic carbocycles. The third-order valence-electron chi connectivity index (χ3n) is 7.06. The zero-order chi connectivity index (χ0) is 29.8. The van der Waals surface area contributed by atoms with E-state index in [-0.39, 0.29) is 30.5 Å². The number of Topliss-reactive ketones (excluding diaryl/α,β-unsaturated/α-hetero) is 1. The van der Waals surface area contributed by atoms with Gasteiger partial charge in [0, 0.05) is 24.7 Å². The van der Waals surface area contributed by atoms with E-state index in [1.165, 1.54) is 0 Å². The van der Waals surface area contributed by atoms with E-state index >= 15 is 0 Å². The lowest BCUT2D eigenvalue weighted by molar-refractivity contribution is -0.286. The summed E-state index contributed by atoms with van der Waals surface area (Å²) in [4.78, 5) is 59.3. The van der Waals surface area contributed by atoms with Gasteiger partial charge in [-0.2, -0.15) is 0 Å². The molecular weight excluding hydrogens is 532 g/mol. The number of rotatable bonds is 16. The first-order chi connectivity index (χ1) is 19.0. The number of aliphatic carboxylic acids is 2. The van der Waals surface area contributed by atoms with E-state index in [9.17, 15) is 39.3 Å². The van der Waals surface area contributed by atoms with Crippen LogP contribution in [0.2, 0.25) is 0 Å². The Morgan fingerprint density at radius 3 is 2.17 bits per heavy atom. The average molecular weight is 573 g/mol. The number of hydrogen-bond acceptors (Lipinski definition) is 11. The first-order valence-electron chi connectivity index (χ1n) is 13.7. The Bertz CT molecular complexity index is 916. The molecule has 8 atom stereocenters. The van der Waals surface area contributed by atoms with E-state index in [1.54, 1.807) is 0 Å². The Morgan fingerprint density at radius 2 is 1.55 bits per heavy atom. The van der Waals surface area contributed by atoms with Crippen LogP contribution in [0.1, 0.15) is 77.6 Å². The first-order valence-corrected chi connectivity index (χ1v) is 13.7. The van der Waals surface area contributed by atoms with E-state index in [4.69, 9.17) is 24.4 Å². The maximum absolute atomic E-state index is 12.8. The minimum absolute atomic E-state index is 0.0222. The van der Waals surface area contributed by atoms with Crippen molar-refractivity contribution < 1.29 is 63.7 Å². The number of carboxylic acids is 2. The monoisotopic (exact) mass is 572 g/mol. The van der Waals surface area contributed by atoms with Crippen molar-refractivity contribution in [3.63, 3.8) is 0 Å². The van der Waals surface area contributed by atoms with E-state index < -0.39 is 73.5 Å². The van der Waals surface area contributed by atoms with Crippen LogP contribution in [0.15, 0.2) is 12.2 Å². The number of unbranched alkanes of at least 4 members (excludes halogenated alkanes) is 4. The quantitative estimate of drug-likeness (QED) is 0.0996. The largest absolute Gasteiger partial charge is 0.481 e. The van der Waals surface area contributed by atoms with Gasteiger partial charge < -0.3 is 39.7 Å². The summed E-state index contributed by atoms with van der Waals surface area (Å²) >= 11 is 0. The summed E-state index contributed by atoms with van der Waals surface area (Å²) in [5.74, 6) is -4.92. The normalized spacial score (nSPS) is 30.4. The third-order valence-corrected chi connectivity index (χ3v) is 7.06. The van der Waals surface area contributed by atoms with Crippen LogP contribution in [-0.2, 0) is 38.2 Å². The molecule has 4 unspecified atom stereocenters. The van der Waals surface area contributed by atoms with E-state index in [0.717, 1.165) is 32.1 Å². The van der Waals surface area contributed by atoms with Gasteiger partial charge in [-0.1, -0.05) is 44.8 Å². The van der Waals surface area contributed by atoms with Crippen LogP contribution in [-0.4, -0.2) is 92.0 Å². The molecule has 0 bridgehead atoms. The van der Waals surface area contributed by atoms with Crippen LogP contribution in [0.3, 0.4) is 0 Å². The maximum atomic E-state index is 12.8. The number of carbonyl (C=O) groups is 5. The molecule has 1 aliphatic carbocycles. The predicted molar refractivity (Wildman–Crippen MR) is 136 cm³/mol. The highest BCUT2D eigenvalue weighted by molar-refractivity contribution is 5.85. The standard InChI is InChI=1S/C27H40O13/c1-2-3-6-10-16-15(9-7-4-5-8-11-19(29)30)17(28)14-18(16)38-20(31)12-13-21(32)39-27-24(35)22(33)23(34)25(40-27)26(36)37/h6,10,15-16,18,22-25,27,33-35H,2-5,7-9,11-14H2,1H3,(H,29,30)(H,36,37)/t15?,16?,18?,22-,23-,24+,25-,27?/m0/s1. The second-order valence-electron chi connectivity index (χ2n) is 10.2. The molecule has 2 fully saturated rings. The van der Waals surface area contributed by atoms with Gasteiger partial charge in [0.2, 0.25) is 6.29 Å². The number of aliphatic hydroxyl groups excluding tert-OH is 3. The molecule has 226 valence electrons. The Morgan fingerprint density at radius 1 is 0.900 bits per heavy atom. The number of carboxylic acid groups (broad SMARTS) is 2. The zero-order valence-electron chi connectivity index (χ0n) is 22.6. The molecule has 0 spiro atoms. The number of esters is 2. The summed E-state index contributed by atoms with van der Waals surface area (Å²) < 4.78 is 15.3. The number of allylic oxidation sites excluding steroid dienone is 1. The van der Waals surface area contributed by atoms with Gasteiger partial charge in [-0.05, 0) is 19.3 Å². The van der Waals surface area contributed by atoms with E-state index in [2.05, 4.69) is 0 Å². The van der Waals surface area contributed by atoms with E-state index in [1.807, 2.05) is 19.1 Å². The van der Waals surface area contributed by atoms with E-state index in [0.29, 0.717) is 12.8 Å². The van der Waals surface area contributed by atoms with Crippen molar-refractivity contribution in [1.29, 1.82) is 0 Å². The van der Waals surface area contributed by atoms with Crippen molar-refractivity contribution in [2.24, 2.45) is 11.8 Å². The summed E-state index contributed by atoms with van der Waals surface area (Å²) in [6.45, 7) is 2.01. The number of aliphatic hydroxyl groups is 3. The van der Waals surface area contributed by atoms with Crippen molar-refractivity contribution in [3.8, 4) is 0 Å². The van der Waals surface area contributed by atoms with Gasteiger partial charge in [0.15, 0.2) is 6.10 Å². The molecule has 13 nitrogen and oxygen atoms in total. The fourth-order valence-electron chi connectivity index (χ4n) is 4.88. The van der Waals surface area contributed by atoms with Gasteiger partial charge >= 0.3 is 23.9 Å². The molecule has 0 amide bonds. The van der Waals surface area contributed by atoms with Gasteiger partial charge in [-0.3, -0.25) is 19.2 Å². The highest BCUT2D eigenvalue weighted by atomic mass is 16.7. The van der Waals surface area contributed by atoms with Crippen molar-refractivity contribution >= 4 is 29.7 Å². The minimum atomic E-state index is -1.94. The molecule has 2 aliphatic rings. The van der Waals surface area contributed by atoms with Crippen molar-refractivity contribution in [3.05, 3.63) is 12.2 Å². The average Bonchev–Trinajstić information content (AvgIpc) is 3.18. The van der Waals surface area contributed by atoms with Crippen LogP contribution >= 0.6 is 0 Å². The highest BCUT2D eigenvalue weighted by Gasteiger charge is 2.48. The summed E-state index contributed by atoms with van der Waals surface area (Å²) in [5.41, 5.74) is 0. The third kappa shape index (κ3) is 9.95. The molecular formula is C27H40O13. The smallest absolute Gasteiger partial charge is 0.335 e. The van der Waals surface area contributed by atoms with Crippen LogP contribution in [0.25, 0.3) is 0 Å². The Hall–Kier alpha value is -2.87. The number of carbonyl (C=O) groups excluding carboxylic acids is 3. The molecule has 0 aromatic rings. The summed E-state index contributed by atoms with van der Waals surface area (Å²) in [5, 5.41) is 47.3. The topological polar surface area (TPSA) is 214 Å². The number of ether oxygens (including phenoxy) is 3. The SMILES string of the molecule is CCCC=CC1C(OC(=O)CCC(=O)OC2O[C@H](C(=O)O)[C@@H](O)[C@H](O)[C@H]2O)CC(=O)C1CCCCCCC(=O)O. The molecule has 5 N–H and O–H groups in total. The van der Waals surface area contributed by atoms with Crippen LogP contribution in [0.4, 0.5) is 0 Å². The highest BCUT2D eigenvalue weighted by Crippen LogP contribution is 2.36. The lowest BCUT2D eigenvalue weighted by Gasteiger charge is -2.37. The molecule has 40 heavy (non-hydrogen) atoms. The fraction of sp³-hybridized carbons (Fsp3) is 0.741. The molecule has 1 aliphatic heterocycles. The maximum Gasteiger partial charge on any atom is 0.335 e. The van der Waals surface area contributed by atoms with Gasteiger partial charge in [0.25, 0.3) is 0 Å². The molecule has 2 rings (SSSR count). The first kappa shape index (κ1) is 33.3. The van der Waals surface area contributed by atoms with Crippen molar-refractivity contribution in [2.45, 2.75) is 114 Å². The summed E-state index contributed by atoms with van der Waals surface area (Å²) in [6.07, 6.45) is -2.06. The molecule has 1 heterocycles. The molecule has 0 radical (unpaired) electrons. The van der Waals surface area contributed by atoms with Gasteiger partial charge in [-0.25, -0.2) is 4.79 Å². The number of ketones is 1. The Kier molecular flexibility index (Phi) is 13.7. The molecule has 1 saturated heterocycles. The van der Waals surface area contributed by atoms with Crippen LogP contribution in [0, 0.1) is 11.8 Å². The Balaban J connectivity index is 1.88. The van der Waals surface area contributed by atoms with Crippen LogP contribution < -0.4 is 0 Å². The molecule has 13 heteroatoms. The minimum Gasteiger partial charge on any atom is -0.481 e. The zero-order valence-corrected chi connectivity index (χ0v) is 22.6. The second kappa shape index (κ2) is 16.4. The molecule has 0 aromatic heterocycles. The lowest BCUT2D eigenvalue weighted by Crippen LogP contribution is -2.60. The predicted octanol–water partition coefficient (Wildman–Crippen LogP) is 1.10. The van der Waals surface area contributed by atoms with Gasteiger partial charge in [0.05, 0.1) is 12.8 Å². The Labute approximate surface area is 232 Å². The fourth-order valence-corrected chi connectivity index (χ4v) is 4.88.